The normalized spacial score (nSPS) is 56.0. The third kappa shape index (κ3) is 0.978. The molecule has 4 fully saturated rings. The maximum atomic E-state index is 12.9. The van der Waals surface area contributed by atoms with Gasteiger partial charge in [-0.25, -0.2) is 0 Å². The number of amides is 2. The lowest BCUT2D eigenvalue weighted by molar-refractivity contribution is -0.190. The fraction of sp³-hybridized carbons (Fsp3) is 0.867. The van der Waals surface area contributed by atoms with E-state index in [0.29, 0.717) is 5.92 Å². The van der Waals surface area contributed by atoms with Gasteiger partial charge in [0.25, 0.3) is 0 Å². The number of likely N-dealkylation sites (tertiary alicyclic amines) is 1. The lowest BCUT2D eigenvalue weighted by Gasteiger charge is -2.45. The van der Waals surface area contributed by atoms with Gasteiger partial charge in [-0.15, -0.1) is 0 Å². The van der Waals surface area contributed by atoms with Gasteiger partial charge >= 0.3 is 0 Å². The molecule has 3 saturated heterocycles. The second-order valence-electron chi connectivity index (χ2n) is 7.30. The topological polar surface area (TPSA) is 66.8 Å². The first-order chi connectivity index (χ1) is 9.34. The first kappa shape index (κ1) is 12.8. The minimum Gasteiger partial charge on any atom is -0.395 e. The largest absolute Gasteiger partial charge is 0.395 e. The number of β-amino-alcohol motifs (C(OH)–C–C–N with tert-alkyl or cyclic N) is 1. The van der Waals surface area contributed by atoms with Crippen molar-refractivity contribution in [3.8, 4) is 0 Å². The predicted molar refractivity (Wildman–Crippen MR) is 69.5 cm³/mol. The predicted octanol–water partition coefficient (Wildman–Crippen LogP) is 0.557. The average molecular weight is 279 g/mol. The Bertz CT molecular complexity index is 534. The summed E-state index contributed by atoms with van der Waals surface area (Å²) < 4.78 is 6.33. The zero-order valence-electron chi connectivity index (χ0n) is 12.2. The standard InChI is InChI=1S/C15H21NO4/c1-8-4-5-13(2)15-9(10(15)14(8,3)20-13)11(18)16(6-7-17)12(15)19/h8-10,17H,4-7H2,1-3H3. The molecule has 4 rings (SSSR count). The van der Waals surface area contributed by atoms with Gasteiger partial charge in [-0.2, -0.15) is 0 Å². The summed E-state index contributed by atoms with van der Waals surface area (Å²) in [6.07, 6.45) is 1.88. The average Bonchev–Trinajstić information content (AvgIpc) is 3.02. The molecule has 1 saturated carbocycles. The molecule has 3 heterocycles. The molecule has 0 radical (unpaired) electrons. The van der Waals surface area contributed by atoms with Crippen LogP contribution < -0.4 is 0 Å². The second-order valence-corrected chi connectivity index (χ2v) is 7.30. The Morgan fingerprint density at radius 3 is 2.75 bits per heavy atom. The summed E-state index contributed by atoms with van der Waals surface area (Å²) in [7, 11) is 0. The van der Waals surface area contributed by atoms with Crippen molar-refractivity contribution in [2.45, 2.75) is 44.8 Å². The number of fused-ring (bicyclic) bond motifs is 4. The van der Waals surface area contributed by atoms with Gasteiger partial charge in [0.15, 0.2) is 0 Å². The number of hydrogen-bond donors (Lipinski definition) is 1. The quantitative estimate of drug-likeness (QED) is 0.750. The number of aliphatic hydroxyl groups is 1. The van der Waals surface area contributed by atoms with Crippen molar-refractivity contribution < 1.29 is 19.4 Å². The van der Waals surface area contributed by atoms with Crippen LogP contribution >= 0.6 is 0 Å². The molecule has 2 amide bonds. The second kappa shape index (κ2) is 3.28. The van der Waals surface area contributed by atoms with Gasteiger partial charge < -0.3 is 9.84 Å². The molecule has 5 heteroatoms. The van der Waals surface area contributed by atoms with Gasteiger partial charge in [-0.3, -0.25) is 14.5 Å². The van der Waals surface area contributed by atoms with Crippen molar-refractivity contribution in [3.05, 3.63) is 0 Å². The summed E-state index contributed by atoms with van der Waals surface area (Å²) in [6.45, 7) is 6.18. The van der Waals surface area contributed by atoms with Crippen molar-refractivity contribution in [3.63, 3.8) is 0 Å². The Morgan fingerprint density at radius 1 is 1.40 bits per heavy atom. The zero-order valence-corrected chi connectivity index (χ0v) is 12.2. The van der Waals surface area contributed by atoms with Crippen LogP contribution in [0.3, 0.4) is 0 Å². The molecular formula is C15H21NO4. The van der Waals surface area contributed by atoms with Crippen molar-refractivity contribution in [1.82, 2.24) is 4.90 Å². The molecule has 110 valence electrons. The maximum absolute atomic E-state index is 12.9. The summed E-state index contributed by atoms with van der Waals surface area (Å²) >= 11 is 0. The zero-order chi connectivity index (χ0) is 14.5. The number of carbonyl (C=O) groups excluding carboxylic acids is 2. The van der Waals surface area contributed by atoms with E-state index in [1.807, 2.05) is 6.92 Å². The molecule has 20 heavy (non-hydrogen) atoms. The van der Waals surface area contributed by atoms with E-state index >= 15 is 0 Å². The number of ether oxygens (including phenoxy) is 1. The Balaban J connectivity index is 1.82. The van der Waals surface area contributed by atoms with Gasteiger partial charge in [0, 0.05) is 5.92 Å². The summed E-state index contributed by atoms with van der Waals surface area (Å²) in [5.74, 6) is -0.00582. The lowest BCUT2D eigenvalue weighted by Crippen LogP contribution is -2.50. The fourth-order valence-electron chi connectivity index (χ4n) is 5.54. The number of aliphatic hydroxyl groups excluding tert-OH is 1. The van der Waals surface area contributed by atoms with Gasteiger partial charge in [0.05, 0.1) is 35.7 Å². The Kier molecular flexibility index (Phi) is 2.09. The molecule has 3 aliphatic heterocycles. The number of imide groups is 1. The number of carbonyl (C=O) groups is 2. The smallest absolute Gasteiger partial charge is 0.239 e. The van der Waals surface area contributed by atoms with Crippen LogP contribution in [0, 0.1) is 23.2 Å². The van der Waals surface area contributed by atoms with Gasteiger partial charge in [0.1, 0.15) is 0 Å². The van der Waals surface area contributed by atoms with Crippen molar-refractivity contribution in [1.29, 1.82) is 0 Å². The molecule has 1 spiro atoms. The molecular weight excluding hydrogens is 258 g/mol. The van der Waals surface area contributed by atoms with E-state index in [-0.39, 0.29) is 42.4 Å². The van der Waals surface area contributed by atoms with E-state index in [9.17, 15) is 9.59 Å². The van der Waals surface area contributed by atoms with E-state index in [1.54, 1.807) is 0 Å². The van der Waals surface area contributed by atoms with E-state index < -0.39 is 11.0 Å². The van der Waals surface area contributed by atoms with Crippen molar-refractivity contribution in [2.24, 2.45) is 23.2 Å². The molecule has 0 aromatic carbocycles. The number of hydrogen-bond acceptors (Lipinski definition) is 4. The molecule has 4 aliphatic rings. The van der Waals surface area contributed by atoms with Gasteiger partial charge in [0.2, 0.25) is 11.8 Å². The highest BCUT2D eigenvalue weighted by molar-refractivity contribution is 6.13. The highest BCUT2D eigenvalue weighted by Crippen LogP contribution is 2.82. The van der Waals surface area contributed by atoms with Crippen LogP contribution in [0.25, 0.3) is 0 Å². The SMILES string of the molecule is CC1CCC2(C)OC1(C)C1C3C(=O)N(CCO)C(=O)C312. The highest BCUT2D eigenvalue weighted by Gasteiger charge is 2.94. The van der Waals surface area contributed by atoms with Crippen molar-refractivity contribution >= 4 is 11.8 Å². The monoisotopic (exact) mass is 279 g/mol. The molecule has 1 N–H and O–H groups in total. The van der Waals surface area contributed by atoms with E-state index in [0.717, 1.165) is 12.8 Å². The minimum atomic E-state index is -0.640. The van der Waals surface area contributed by atoms with Crippen LogP contribution in [-0.2, 0) is 14.3 Å². The van der Waals surface area contributed by atoms with E-state index in [2.05, 4.69) is 13.8 Å². The van der Waals surface area contributed by atoms with Crippen LogP contribution in [0.2, 0.25) is 0 Å². The number of piperidine rings is 1. The molecule has 6 atom stereocenters. The van der Waals surface area contributed by atoms with Crippen LogP contribution in [0.1, 0.15) is 33.6 Å². The third-order valence-electron chi connectivity index (χ3n) is 6.63. The van der Waals surface area contributed by atoms with Crippen LogP contribution in [0.15, 0.2) is 0 Å². The first-order valence-electron chi connectivity index (χ1n) is 7.51. The fourth-order valence-corrected chi connectivity index (χ4v) is 5.54. The van der Waals surface area contributed by atoms with E-state index in [4.69, 9.17) is 9.84 Å². The first-order valence-corrected chi connectivity index (χ1v) is 7.51. The molecule has 2 bridgehead atoms. The Hall–Kier alpha value is -0.940. The lowest BCUT2D eigenvalue weighted by atomic mass is 9.78. The highest BCUT2D eigenvalue weighted by atomic mass is 16.5. The molecule has 0 aromatic heterocycles. The summed E-state index contributed by atoms with van der Waals surface area (Å²) in [5.41, 5.74) is -1.51. The van der Waals surface area contributed by atoms with Crippen LogP contribution in [0.5, 0.6) is 0 Å². The summed E-state index contributed by atoms with van der Waals surface area (Å²) in [4.78, 5) is 26.6. The minimum absolute atomic E-state index is 0.0347. The Labute approximate surface area is 118 Å². The molecule has 1 aliphatic carbocycles. The molecule has 5 nitrogen and oxygen atoms in total. The third-order valence-corrected chi connectivity index (χ3v) is 6.63. The maximum Gasteiger partial charge on any atom is 0.239 e. The van der Waals surface area contributed by atoms with Gasteiger partial charge in [-0.05, 0) is 32.6 Å². The van der Waals surface area contributed by atoms with Crippen molar-refractivity contribution in [2.75, 3.05) is 13.2 Å². The Morgan fingerprint density at radius 2 is 2.10 bits per heavy atom. The van der Waals surface area contributed by atoms with Gasteiger partial charge in [-0.1, -0.05) is 6.92 Å². The summed E-state index contributed by atoms with van der Waals surface area (Å²) in [6, 6.07) is 0. The molecule has 0 aromatic rings. The number of rotatable bonds is 2. The van der Waals surface area contributed by atoms with E-state index in [1.165, 1.54) is 4.90 Å². The molecule has 6 unspecified atom stereocenters. The van der Waals surface area contributed by atoms with Crippen LogP contribution in [0.4, 0.5) is 0 Å². The number of nitrogens with zero attached hydrogens (tertiary/aromatic N) is 1. The summed E-state index contributed by atoms with van der Waals surface area (Å²) in [5, 5.41) is 9.07. The van der Waals surface area contributed by atoms with Crippen LogP contribution in [-0.4, -0.2) is 46.2 Å².